The van der Waals surface area contributed by atoms with Crippen LogP contribution in [0.1, 0.15) is 23.2 Å². The zero-order valence-corrected chi connectivity index (χ0v) is 13.4. The largest absolute Gasteiger partial charge is 0.489 e. The standard InChI is InChI=1S/C18H18ClNO3/c19-14-9-7-13(8-10-14)18(21)20-16-5-1-2-6-17(16)23-12-15-4-3-11-22-15/h1-2,5-10,15H,3-4,11-12H2,(H,20,21)/t15-/m0/s1. The van der Waals surface area contributed by atoms with Crippen molar-refractivity contribution in [1.82, 2.24) is 0 Å². The number of para-hydroxylation sites is 2. The van der Waals surface area contributed by atoms with Crippen LogP contribution in [0.2, 0.25) is 5.02 Å². The lowest BCUT2D eigenvalue weighted by atomic mass is 10.2. The van der Waals surface area contributed by atoms with Gasteiger partial charge in [0, 0.05) is 17.2 Å². The van der Waals surface area contributed by atoms with Crippen LogP contribution >= 0.6 is 11.6 Å². The van der Waals surface area contributed by atoms with Crippen LogP contribution in [0.15, 0.2) is 48.5 Å². The van der Waals surface area contributed by atoms with Crippen molar-refractivity contribution in [2.45, 2.75) is 18.9 Å². The molecule has 1 N–H and O–H groups in total. The maximum absolute atomic E-state index is 12.3. The van der Waals surface area contributed by atoms with Crippen LogP contribution in [0.4, 0.5) is 5.69 Å². The Morgan fingerprint density at radius 1 is 1.22 bits per heavy atom. The number of carbonyl (C=O) groups is 1. The molecular formula is C18H18ClNO3. The van der Waals surface area contributed by atoms with Gasteiger partial charge in [-0.2, -0.15) is 0 Å². The van der Waals surface area contributed by atoms with E-state index in [0.29, 0.717) is 28.6 Å². The molecule has 1 aliphatic heterocycles. The highest BCUT2D eigenvalue weighted by atomic mass is 35.5. The Hall–Kier alpha value is -2.04. The van der Waals surface area contributed by atoms with Crippen LogP contribution in [0.3, 0.4) is 0 Å². The Labute approximate surface area is 140 Å². The molecule has 5 heteroatoms. The molecular weight excluding hydrogens is 314 g/mol. The van der Waals surface area contributed by atoms with Crippen LogP contribution in [-0.4, -0.2) is 25.2 Å². The van der Waals surface area contributed by atoms with E-state index >= 15 is 0 Å². The van der Waals surface area contributed by atoms with E-state index in [1.54, 1.807) is 24.3 Å². The second-order valence-corrected chi connectivity index (χ2v) is 5.84. The minimum Gasteiger partial charge on any atom is -0.489 e. The average molecular weight is 332 g/mol. The van der Waals surface area contributed by atoms with Crippen molar-refractivity contribution in [3.63, 3.8) is 0 Å². The van der Waals surface area contributed by atoms with Crippen molar-refractivity contribution >= 4 is 23.2 Å². The molecule has 2 aromatic carbocycles. The van der Waals surface area contributed by atoms with E-state index in [4.69, 9.17) is 21.1 Å². The van der Waals surface area contributed by atoms with E-state index in [2.05, 4.69) is 5.32 Å². The van der Waals surface area contributed by atoms with Crippen LogP contribution < -0.4 is 10.1 Å². The predicted octanol–water partition coefficient (Wildman–Crippen LogP) is 4.15. The second-order valence-electron chi connectivity index (χ2n) is 5.40. The summed E-state index contributed by atoms with van der Waals surface area (Å²) in [6.07, 6.45) is 2.22. The minimum atomic E-state index is -0.199. The van der Waals surface area contributed by atoms with Crippen LogP contribution in [-0.2, 0) is 4.74 Å². The number of carbonyl (C=O) groups excluding carboxylic acids is 1. The number of rotatable bonds is 5. The van der Waals surface area contributed by atoms with E-state index in [0.717, 1.165) is 19.4 Å². The molecule has 1 heterocycles. The number of ether oxygens (including phenoxy) is 2. The number of hydrogen-bond acceptors (Lipinski definition) is 3. The quantitative estimate of drug-likeness (QED) is 0.895. The summed E-state index contributed by atoms with van der Waals surface area (Å²) in [7, 11) is 0. The van der Waals surface area contributed by atoms with E-state index in [-0.39, 0.29) is 12.0 Å². The summed E-state index contributed by atoms with van der Waals surface area (Å²) in [6, 6.07) is 14.2. The third-order valence-electron chi connectivity index (χ3n) is 3.69. The maximum atomic E-state index is 12.3. The average Bonchev–Trinajstić information content (AvgIpc) is 3.08. The fourth-order valence-electron chi connectivity index (χ4n) is 2.45. The lowest BCUT2D eigenvalue weighted by molar-refractivity contribution is 0.0682. The summed E-state index contributed by atoms with van der Waals surface area (Å²) in [5, 5.41) is 3.47. The summed E-state index contributed by atoms with van der Waals surface area (Å²) in [5.74, 6) is 0.445. The highest BCUT2D eigenvalue weighted by molar-refractivity contribution is 6.30. The van der Waals surface area contributed by atoms with Crippen molar-refractivity contribution in [3.8, 4) is 5.75 Å². The smallest absolute Gasteiger partial charge is 0.255 e. The third-order valence-corrected chi connectivity index (χ3v) is 3.94. The Morgan fingerprint density at radius 3 is 2.74 bits per heavy atom. The van der Waals surface area contributed by atoms with Gasteiger partial charge in [-0.15, -0.1) is 0 Å². The van der Waals surface area contributed by atoms with Crippen LogP contribution in [0, 0.1) is 0 Å². The summed E-state index contributed by atoms with van der Waals surface area (Å²) in [5.41, 5.74) is 1.19. The minimum absolute atomic E-state index is 0.134. The molecule has 0 saturated carbocycles. The monoisotopic (exact) mass is 331 g/mol. The fourth-order valence-corrected chi connectivity index (χ4v) is 2.58. The van der Waals surface area contributed by atoms with Gasteiger partial charge in [-0.05, 0) is 49.2 Å². The van der Waals surface area contributed by atoms with Crippen molar-refractivity contribution in [2.24, 2.45) is 0 Å². The highest BCUT2D eigenvalue weighted by Gasteiger charge is 2.17. The number of amides is 1. The van der Waals surface area contributed by atoms with Gasteiger partial charge in [0.1, 0.15) is 12.4 Å². The lowest BCUT2D eigenvalue weighted by Gasteiger charge is -2.15. The number of nitrogens with one attached hydrogen (secondary N) is 1. The van der Waals surface area contributed by atoms with E-state index in [1.807, 2.05) is 24.3 Å². The molecule has 1 atom stereocenters. The highest BCUT2D eigenvalue weighted by Crippen LogP contribution is 2.25. The van der Waals surface area contributed by atoms with Crippen LogP contribution in [0.5, 0.6) is 5.75 Å². The van der Waals surface area contributed by atoms with Gasteiger partial charge < -0.3 is 14.8 Å². The molecule has 4 nitrogen and oxygen atoms in total. The van der Waals surface area contributed by atoms with Gasteiger partial charge in [0.25, 0.3) is 5.91 Å². The first-order valence-electron chi connectivity index (χ1n) is 7.63. The van der Waals surface area contributed by atoms with Crippen molar-refractivity contribution in [3.05, 3.63) is 59.1 Å². The molecule has 23 heavy (non-hydrogen) atoms. The molecule has 0 spiro atoms. The third kappa shape index (κ3) is 4.24. The number of halogens is 1. The van der Waals surface area contributed by atoms with Crippen LogP contribution in [0.25, 0.3) is 0 Å². The lowest BCUT2D eigenvalue weighted by Crippen LogP contribution is -2.18. The molecule has 0 aliphatic carbocycles. The summed E-state index contributed by atoms with van der Waals surface area (Å²) >= 11 is 5.84. The second kappa shape index (κ2) is 7.49. The first kappa shape index (κ1) is 15.8. The topological polar surface area (TPSA) is 47.6 Å². The van der Waals surface area contributed by atoms with Crippen molar-refractivity contribution in [2.75, 3.05) is 18.5 Å². The molecule has 0 aromatic heterocycles. The van der Waals surface area contributed by atoms with Crippen molar-refractivity contribution in [1.29, 1.82) is 0 Å². The van der Waals surface area contributed by atoms with Gasteiger partial charge in [0.15, 0.2) is 0 Å². The first-order valence-corrected chi connectivity index (χ1v) is 8.00. The van der Waals surface area contributed by atoms with Gasteiger partial charge in [-0.1, -0.05) is 23.7 Å². The Bertz CT molecular complexity index is 666. The van der Waals surface area contributed by atoms with E-state index in [1.165, 1.54) is 0 Å². The molecule has 1 fully saturated rings. The Morgan fingerprint density at radius 2 is 2.00 bits per heavy atom. The fraction of sp³-hybridized carbons (Fsp3) is 0.278. The number of anilines is 1. The van der Waals surface area contributed by atoms with Gasteiger partial charge >= 0.3 is 0 Å². The molecule has 0 radical (unpaired) electrons. The molecule has 0 unspecified atom stereocenters. The SMILES string of the molecule is O=C(Nc1ccccc1OC[C@@H]1CCCO1)c1ccc(Cl)cc1. The molecule has 1 aliphatic rings. The number of hydrogen-bond donors (Lipinski definition) is 1. The predicted molar refractivity (Wildman–Crippen MR) is 90.3 cm³/mol. The Balaban J connectivity index is 1.67. The summed E-state index contributed by atoms with van der Waals surface area (Å²) in [6.45, 7) is 1.29. The molecule has 120 valence electrons. The van der Waals surface area contributed by atoms with Gasteiger partial charge in [-0.3, -0.25) is 4.79 Å². The van der Waals surface area contributed by atoms with E-state index < -0.39 is 0 Å². The van der Waals surface area contributed by atoms with Gasteiger partial charge in [0.2, 0.25) is 0 Å². The van der Waals surface area contributed by atoms with Crippen molar-refractivity contribution < 1.29 is 14.3 Å². The number of benzene rings is 2. The molecule has 0 bridgehead atoms. The normalized spacial score (nSPS) is 17.0. The van der Waals surface area contributed by atoms with Gasteiger partial charge in [-0.25, -0.2) is 0 Å². The molecule has 2 aromatic rings. The zero-order chi connectivity index (χ0) is 16.1. The summed E-state index contributed by atoms with van der Waals surface area (Å²) < 4.78 is 11.4. The van der Waals surface area contributed by atoms with Gasteiger partial charge in [0.05, 0.1) is 11.8 Å². The zero-order valence-electron chi connectivity index (χ0n) is 12.6. The molecule has 3 rings (SSSR count). The van der Waals surface area contributed by atoms with E-state index in [9.17, 15) is 4.79 Å². The summed E-state index contributed by atoms with van der Waals surface area (Å²) in [4.78, 5) is 12.3. The molecule has 1 saturated heterocycles. The molecule has 1 amide bonds. The first-order chi connectivity index (χ1) is 11.2. The maximum Gasteiger partial charge on any atom is 0.255 e. The Kier molecular flexibility index (Phi) is 5.16.